The van der Waals surface area contributed by atoms with Gasteiger partial charge in [0, 0.05) is 31.9 Å². The summed E-state index contributed by atoms with van der Waals surface area (Å²) in [5, 5.41) is 5.53. The minimum absolute atomic E-state index is 0.0871. The van der Waals surface area contributed by atoms with Crippen molar-refractivity contribution in [1.29, 1.82) is 0 Å². The maximum absolute atomic E-state index is 13.1. The molecule has 0 bridgehead atoms. The van der Waals surface area contributed by atoms with Gasteiger partial charge in [-0.05, 0) is 48.9 Å². The lowest BCUT2D eigenvalue weighted by molar-refractivity contribution is -0.132. The Bertz CT molecular complexity index is 1220. The maximum Gasteiger partial charge on any atom is 0.257 e. The van der Waals surface area contributed by atoms with Gasteiger partial charge in [0.15, 0.2) is 0 Å². The van der Waals surface area contributed by atoms with Crippen molar-refractivity contribution < 1.29 is 18.8 Å². The number of hydrogen-bond donors (Lipinski definition) is 2. The van der Waals surface area contributed by atoms with Crippen molar-refractivity contribution in [2.45, 2.75) is 13.3 Å². The number of nitrogens with one attached hydrogen (secondary N) is 2. The second kappa shape index (κ2) is 11.6. The van der Waals surface area contributed by atoms with Gasteiger partial charge in [-0.1, -0.05) is 42.0 Å². The fraction of sp³-hybridized carbons (Fsp3) is 0.250. The van der Waals surface area contributed by atoms with Crippen LogP contribution in [0.1, 0.15) is 21.5 Å². The molecule has 1 aliphatic rings. The average molecular weight is 489 g/mol. The van der Waals surface area contributed by atoms with Crippen LogP contribution in [0.5, 0.6) is 0 Å². The molecule has 1 saturated heterocycles. The van der Waals surface area contributed by atoms with Gasteiger partial charge >= 0.3 is 0 Å². The number of carbonyl (C=O) groups excluding carboxylic acids is 3. The molecule has 8 heteroatoms. The molecule has 0 aliphatic carbocycles. The summed E-state index contributed by atoms with van der Waals surface area (Å²) in [7, 11) is 0. The Morgan fingerprint density at radius 3 is 2.19 bits per heavy atom. The molecule has 3 aromatic rings. The third-order valence-electron chi connectivity index (χ3n) is 6.12. The van der Waals surface area contributed by atoms with Crippen LogP contribution >= 0.6 is 0 Å². The highest BCUT2D eigenvalue weighted by molar-refractivity contribution is 6.10. The van der Waals surface area contributed by atoms with E-state index in [9.17, 15) is 18.8 Å². The number of nitrogens with zero attached hydrogens (tertiary/aromatic N) is 2. The molecule has 0 atom stereocenters. The molecule has 7 nitrogen and oxygen atoms in total. The molecular formula is C28H29FN4O3. The van der Waals surface area contributed by atoms with Crippen molar-refractivity contribution in [2.75, 3.05) is 43.4 Å². The summed E-state index contributed by atoms with van der Waals surface area (Å²) < 4.78 is 13.1. The van der Waals surface area contributed by atoms with Crippen LogP contribution in [0.15, 0.2) is 72.8 Å². The van der Waals surface area contributed by atoms with Gasteiger partial charge in [0.1, 0.15) is 5.82 Å². The van der Waals surface area contributed by atoms with E-state index in [1.54, 1.807) is 24.3 Å². The SMILES string of the molecule is Cc1ccc(CC(=O)N2CCN(CC(=O)Nc3ccccc3C(=O)Nc3ccc(F)cc3)CC2)cc1. The van der Waals surface area contributed by atoms with Crippen LogP contribution in [0, 0.1) is 12.7 Å². The Morgan fingerprint density at radius 1 is 0.833 bits per heavy atom. The maximum atomic E-state index is 13.1. The molecule has 1 aliphatic heterocycles. The topological polar surface area (TPSA) is 81.8 Å². The molecule has 0 spiro atoms. The molecule has 0 aromatic heterocycles. The van der Waals surface area contributed by atoms with Gasteiger partial charge in [0.25, 0.3) is 5.91 Å². The standard InChI is InChI=1S/C28H29FN4O3/c1-20-6-8-21(9-7-20)18-27(35)33-16-14-32(15-17-33)19-26(34)31-25-5-3-2-4-24(25)28(36)30-23-12-10-22(29)11-13-23/h2-13H,14-19H2,1H3,(H,30,36)(H,31,34). The molecule has 0 saturated carbocycles. The van der Waals surface area contributed by atoms with E-state index < -0.39 is 11.7 Å². The molecule has 3 amide bonds. The third kappa shape index (κ3) is 6.76. The fourth-order valence-electron chi connectivity index (χ4n) is 4.06. The van der Waals surface area contributed by atoms with E-state index in [2.05, 4.69) is 10.6 Å². The Morgan fingerprint density at radius 2 is 1.50 bits per heavy atom. The van der Waals surface area contributed by atoms with Crippen molar-refractivity contribution in [2.24, 2.45) is 0 Å². The number of carbonyl (C=O) groups is 3. The van der Waals surface area contributed by atoms with E-state index in [0.717, 1.165) is 11.1 Å². The van der Waals surface area contributed by atoms with Gasteiger partial charge in [-0.25, -0.2) is 4.39 Å². The molecule has 1 fully saturated rings. The van der Waals surface area contributed by atoms with Crippen LogP contribution in [0.2, 0.25) is 0 Å². The smallest absolute Gasteiger partial charge is 0.257 e. The summed E-state index contributed by atoms with van der Waals surface area (Å²) in [6.45, 7) is 4.50. The summed E-state index contributed by atoms with van der Waals surface area (Å²) in [4.78, 5) is 41.9. The van der Waals surface area contributed by atoms with E-state index in [1.807, 2.05) is 41.0 Å². The van der Waals surface area contributed by atoms with Gasteiger partial charge < -0.3 is 15.5 Å². The number of piperazine rings is 1. The molecule has 3 aromatic carbocycles. The van der Waals surface area contributed by atoms with Crippen LogP contribution in [-0.2, 0) is 16.0 Å². The Kier molecular flexibility index (Phi) is 8.07. The zero-order valence-corrected chi connectivity index (χ0v) is 20.2. The highest BCUT2D eigenvalue weighted by Gasteiger charge is 2.23. The van der Waals surface area contributed by atoms with E-state index in [1.165, 1.54) is 24.3 Å². The van der Waals surface area contributed by atoms with E-state index >= 15 is 0 Å². The Balaban J connectivity index is 1.27. The number of benzene rings is 3. The van der Waals surface area contributed by atoms with Crippen LogP contribution in [0.3, 0.4) is 0 Å². The number of para-hydroxylation sites is 1. The number of rotatable bonds is 7. The molecule has 0 unspecified atom stereocenters. The van der Waals surface area contributed by atoms with E-state index in [0.29, 0.717) is 49.5 Å². The van der Waals surface area contributed by atoms with Gasteiger partial charge in [-0.2, -0.15) is 0 Å². The molecule has 36 heavy (non-hydrogen) atoms. The predicted octanol–water partition coefficient (Wildman–Crippen LogP) is 3.71. The van der Waals surface area contributed by atoms with Crippen LogP contribution in [0.25, 0.3) is 0 Å². The molecule has 186 valence electrons. The molecule has 1 heterocycles. The molecular weight excluding hydrogens is 459 g/mol. The first-order valence-corrected chi connectivity index (χ1v) is 11.9. The normalized spacial score (nSPS) is 13.8. The van der Waals surface area contributed by atoms with E-state index in [-0.39, 0.29) is 18.4 Å². The second-order valence-electron chi connectivity index (χ2n) is 8.87. The van der Waals surface area contributed by atoms with Crippen molar-refractivity contribution in [3.63, 3.8) is 0 Å². The lowest BCUT2D eigenvalue weighted by atomic mass is 10.1. The van der Waals surface area contributed by atoms with Crippen molar-refractivity contribution in [1.82, 2.24) is 9.80 Å². The van der Waals surface area contributed by atoms with Gasteiger partial charge in [0.2, 0.25) is 11.8 Å². The summed E-state index contributed by atoms with van der Waals surface area (Å²) in [6.07, 6.45) is 0.373. The average Bonchev–Trinajstić information content (AvgIpc) is 2.87. The lowest BCUT2D eigenvalue weighted by Gasteiger charge is -2.34. The third-order valence-corrected chi connectivity index (χ3v) is 6.12. The first-order valence-electron chi connectivity index (χ1n) is 11.9. The lowest BCUT2D eigenvalue weighted by Crippen LogP contribution is -2.50. The first kappa shape index (κ1) is 25.1. The van der Waals surface area contributed by atoms with Crippen molar-refractivity contribution in [3.05, 3.63) is 95.3 Å². The summed E-state index contributed by atoms with van der Waals surface area (Å²) in [6, 6.07) is 20.2. The molecule has 0 radical (unpaired) electrons. The monoisotopic (exact) mass is 488 g/mol. The molecule has 2 N–H and O–H groups in total. The number of hydrogen-bond acceptors (Lipinski definition) is 4. The summed E-state index contributed by atoms with van der Waals surface area (Å²) >= 11 is 0. The predicted molar refractivity (Wildman–Crippen MR) is 137 cm³/mol. The zero-order valence-electron chi connectivity index (χ0n) is 20.2. The van der Waals surface area contributed by atoms with Gasteiger partial charge in [-0.3, -0.25) is 19.3 Å². The van der Waals surface area contributed by atoms with Crippen molar-refractivity contribution in [3.8, 4) is 0 Å². The number of anilines is 2. The minimum atomic E-state index is -0.404. The zero-order chi connectivity index (χ0) is 25.5. The summed E-state index contributed by atoms with van der Waals surface area (Å²) in [5.74, 6) is -0.948. The summed E-state index contributed by atoms with van der Waals surface area (Å²) in [5.41, 5.74) is 3.32. The van der Waals surface area contributed by atoms with Crippen LogP contribution < -0.4 is 10.6 Å². The fourth-order valence-corrected chi connectivity index (χ4v) is 4.06. The number of halogens is 1. The molecule has 4 rings (SSSR count). The Hall–Kier alpha value is -4.04. The highest BCUT2D eigenvalue weighted by atomic mass is 19.1. The van der Waals surface area contributed by atoms with E-state index in [4.69, 9.17) is 0 Å². The largest absolute Gasteiger partial charge is 0.340 e. The Labute approximate surface area is 209 Å². The number of amides is 3. The number of aryl methyl sites for hydroxylation is 1. The van der Waals surface area contributed by atoms with Crippen molar-refractivity contribution >= 4 is 29.1 Å². The van der Waals surface area contributed by atoms with Crippen LogP contribution in [0.4, 0.5) is 15.8 Å². The first-order chi connectivity index (χ1) is 17.4. The quantitative estimate of drug-likeness (QED) is 0.531. The van der Waals surface area contributed by atoms with Gasteiger partial charge in [-0.15, -0.1) is 0 Å². The van der Waals surface area contributed by atoms with Gasteiger partial charge in [0.05, 0.1) is 24.2 Å². The minimum Gasteiger partial charge on any atom is -0.340 e. The van der Waals surface area contributed by atoms with Crippen LogP contribution in [-0.4, -0.2) is 60.2 Å². The second-order valence-corrected chi connectivity index (χ2v) is 8.87. The highest BCUT2D eigenvalue weighted by Crippen LogP contribution is 2.18.